The van der Waals surface area contributed by atoms with Crippen LogP contribution in [0.15, 0.2) is 24.3 Å². The zero-order valence-corrected chi connectivity index (χ0v) is 25.8. The maximum Gasteiger partial charge on any atom is 0.325 e. The van der Waals surface area contributed by atoms with Crippen molar-refractivity contribution in [3.63, 3.8) is 0 Å². The van der Waals surface area contributed by atoms with E-state index in [1.165, 1.54) is 17.7 Å². The largest absolute Gasteiger partial charge is 0.496 e. The van der Waals surface area contributed by atoms with Crippen LogP contribution in [0.4, 0.5) is 10.2 Å². The zero-order chi connectivity index (χ0) is 29.5. The predicted molar refractivity (Wildman–Crippen MR) is 164 cm³/mol. The topological polar surface area (TPSA) is 93.2 Å². The van der Waals surface area contributed by atoms with Gasteiger partial charge >= 0.3 is 5.97 Å². The molecule has 0 saturated carbocycles. The smallest absolute Gasteiger partial charge is 0.325 e. The lowest BCUT2D eigenvalue weighted by atomic mass is 9.97. The lowest BCUT2D eigenvalue weighted by molar-refractivity contribution is -0.143. The highest BCUT2D eigenvalue weighted by atomic mass is 31.0. The van der Waals surface area contributed by atoms with Gasteiger partial charge in [-0.1, -0.05) is 12.5 Å². The van der Waals surface area contributed by atoms with Crippen molar-refractivity contribution < 1.29 is 28.5 Å². The molecule has 0 amide bonds. The van der Waals surface area contributed by atoms with Gasteiger partial charge in [-0.05, 0) is 92.7 Å². The minimum atomic E-state index is -0.948. The van der Waals surface area contributed by atoms with Crippen molar-refractivity contribution in [3.05, 3.63) is 52.5 Å². The van der Waals surface area contributed by atoms with E-state index in [0.717, 1.165) is 87.2 Å². The first-order valence-corrected chi connectivity index (χ1v) is 16.1. The molecule has 3 aliphatic rings. The van der Waals surface area contributed by atoms with Gasteiger partial charge in [0.1, 0.15) is 23.4 Å². The molecule has 1 aromatic heterocycles. The van der Waals surface area contributed by atoms with Crippen LogP contribution in [-0.4, -0.2) is 72.7 Å². The molecule has 42 heavy (non-hydrogen) atoms. The van der Waals surface area contributed by atoms with Crippen molar-refractivity contribution >= 4 is 21.0 Å². The Balaban J connectivity index is 1.15. The molecule has 0 aliphatic carbocycles. The minimum absolute atomic E-state index is 0.0793. The molecule has 2 unspecified atom stereocenters. The van der Waals surface area contributed by atoms with Crippen molar-refractivity contribution in [3.8, 4) is 5.75 Å². The normalized spacial score (nSPS) is 21.0. The Labute approximate surface area is 250 Å². The number of aliphatic carboxylic acids is 1. The summed E-state index contributed by atoms with van der Waals surface area (Å²) < 4.78 is 31.5. The number of hydrogen-bond acceptors (Lipinski definition) is 7. The fraction of sp³-hybridized carbons (Fsp3) is 0.625. The molecule has 2 aromatic rings. The molecular formula is C32H45FN3O5P. The molecule has 2 saturated heterocycles. The second-order valence-corrected chi connectivity index (χ2v) is 12.7. The summed E-state index contributed by atoms with van der Waals surface area (Å²) in [5.74, 6) is 0.902. The molecule has 230 valence electrons. The highest BCUT2D eigenvalue weighted by Gasteiger charge is 2.36. The standard InChI is InChI=1S/C32H45FN3O5P/c1-39-28-18-24(35-31-26(28)6-4-13-34-31)5-2-3-7-29(42)21-10-14-36(19-21)30(32(37)38)27-17-23(33)9-8-22(27)20-41-25-11-15-40-16-12-25/h8-9,17-18,21,25,29-30H,2-7,10-16,19-20,42H2,1H3,(H,34,35)(H,37,38)/t21?,29-,30+/m1/s1. The summed E-state index contributed by atoms with van der Waals surface area (Å²) in [4.78, 5) is 19.4. The number of benzene rings is 1. The van der Waals surface area contributed by atoms with E-state index in [-0.39, 0.29) is 12.7 Å². The summed E-state index contributed by atoms with van der Waals surface area (Å²) in [6.45, 7) is 3.91. The van der Waals surface area contributed by atoms with E-state index in [2.05, 4.69) is 20.6 Å². The number of nitrogens with zero attached hydrogens (tertiary/aromatic N) is 2. The number of unbranched alkanes of at least 4 members (excludes halogenated alkanes) is 1. The highest BCUT2D eigenvalue weighted by molar-refractivity contribution is 7.17. The van der Waals surface area contributed by atoms with Crippen LogP contribution in [0.2, 0.25) is 0 Å². The SMILES string of the molecule is COc1cc(CCCC[C@@H](P)C2CCN([C@H](C(=O)O)c3cc(F)ccc3COC3CCOCC3)C2)nc2c1CCCN2. The van der Waals surface area contributed by atoms with Gasteiger partial charge in [-0.15, -0.1) is 9.24 Å². The third-order valence-electron chi connectivity index (χ3n) is 8.98. The number of aryl methyl sites for hydroxylation is 1. The number of aromatic nitrogens is 1. The van der Waals surface area contributed by atoms with Crippen LogP contribution in [-0.2, 0) is 33.7 Å². The van der Waals surface area contributed by atoms with Crippen LogP contribution in [0.5, 0.6) is 5.75 Å². The second-order valence-electron chi connectivity index (χ2n) is 11.8. The van der Waals surface area contributed by atoms with Crippen molar-refractivity contribution in [1.82, 2.24) is 9.88 Å². The van der Waals surface area contributed by atoms with E-state index in [9.17, 15) is 14.3 Å². The van der Waals surface area contributed by atoms with Crippen molar-refractivity contribution in [2.24, 2.45) is 5.92 Å². The maximum atomic E-state index is 14.4. The fourth-order valence-electron chi connectivity index (χ4n) is 6.58. The first-order valence-electron chi connectivity index (χ1n) is 15.4. The summed E-state index contributed by atoms with van der Waals surface area (Å²) >= 11 is 0. The number of carbonyl (C=O) groups is 1. The Morgan fingerprint density at radius 2 is 2.10 bits per heavy atom. The van der Waals surface area contributed by atoms with Gasteiger partial charge in [-0.2, -0.15) is 0 Å². The van der Waals surface area contributed by atoms with Gasteiger partial charge in [0.2, 0.25) is 0 Å². The van der Waals surface area contributed by atoms with E-state index >= 15 is 0 Å². The number of carboxylic acids is 1. The number of carboxylic acid groups (broad SMARTS) is 1. The minimum Gasteiger partial charge on any atom is -0.496 e. The molecule has 0 bridgehead atoms. The van der Waals surface area contributed by atoms with Crippen LogP contribution in [0, 0.1) is 11.7 Å². The number of ether oxygens (including phenoxy) is 3. The van der Waals surface area contributed by atoms with Gasteiger partial charge in [-0.25, -0.2) is 9.37 Å². The molecule has 5 rings (SSSR count). The number of halogens is 1. The van der Waals surface area contributed by atoms with Crippen LogP contribution in [0.1, 0.15) is 73.4 Å². The number of hydrogen-bond donors (Lipinski definition) is 2. The monoisotopic (exact) mass is 601 g/mol. The average Bonchev–Trinajstić information content (AvgIpc) is 3.48. The van der Waals surface area contributed by atoms with Crippen LogP contribution in [0.25, 0.3) is 0 Å². The molecular weight excluding hydrogens is 556 g/mol. The van der Waals surface area contributed by atoms with Crippen LogP contribution >= 0.6 is 9.24 Å². The number of fused-ring (bicyclic) bond motifs is 1. The van der Waals surface area contributed by atoms with Crippen molar-refractivity contribution in [2.45, 2.75) is 82.2 Å². The van der Waals surface area contributed by atoms with E-state index in [4.69, 9.17) is 19.2 Å². The van der Waals surface area contributed by atoms with Crippen molar-refractivity contribution in [2.75, 3.05) is 45.3 Å². The molecule has 2 N–H and O–H groups in total. The molecule has 3 aliphatic heterocycles. The van der Waals surface area contributed by atoms with Gasteiger partial charge in [0.05, 0.1) is 19.8 Å². The summed E-state index contributed by atoms with van der Waals surface area (Å²) in [6, 6.07) is 5.64. The van der Waals surface area contributed by atoms with Gasteiger partial charge in [0, 0.05) is 43.6 Å². The maximum absolute atomic E-state index is 14.4. The number of nitrogens with one attached hydrogen (secondary N) is 1. The Morgan fingerprint density at radius 1 is 1.26 bits per heavy atom. The van der Waals surface area contributed by atoms with Crippen LogP contribution < -0.4 is 10.1 Å². The summed E-state index contributed by atoms with van der Waals surface area (Å²) in [5, 5.41) is 13.7. The van der Waals surface area contributed by atoms with E-state index in [1.807, 2.05) is 4.90 Å². The highest BCUT2D eigenvalue weighted by Crippen LogP contribution is 2.36. The number of methoxy groups -OCH3 is 1. The molecule has 10 heteroatoms. The number of pyridine rings is 1. The molecule has 0 spiro atoms. The Morgan fingerprint density at radius 3 is 2.88 bits per heavy atom. The van der Waals surface area contributed by atoms with E-state index in [1.54, 1.807) is 13.2 Å². The summed E-state index contributed by atoms with van der Waals surface area (Å²) in [7, 11) is 4.73. The Kier molecular flexibility index (Phi) is 11.0. The molecule has 0 radical (unpaired) electrons. The van der Waals surface area contributed by atoms with Gasteiger partial charge < -0.3 is 24.6 Å². The number of rotatable bonds is 13. The summed E-state index contributed by atoms with van der Waals surface area (Å²) in [5.41, 5.74) is 3.87. The van der Waals surface area contributed by atoms with Crippen LogP contribution in [0.3, 0.4) is 0 Å². The average molecular weight is 602 g/mol. The van der Waals surface area contributed by atoms with Crippen molar-refractivity contribution in [1.29, 1.82) is 0 Å². The lowest BCUT2D eigenvalue weighted by Crippen LogP contribution is -2.34. The molecule has 1 aromatic carbocycles. The van der Waals surface area contributed by atoms with Gasteiger partial charge in [0.25, 0.3) is 0 Å². The first-order chi connectivity index (χ1) is 20.4. The molecule has 2 fully saturated rings. The van der Waals surface area contributed by atoms with E-state index < -0.39 is 17.8 Å². The fourth-order valence-corrected chi connectivity index (χ4v) is 7.13. The predicted octanol–water partition coefficient (Wildman–Crippen LogP) is 5.39. The number of anilines is 1. The zero-order valence-electron chi connectivity index (χ0n) is 24.7. The molecule has 4 atom stereocenters. The molecule has 4 heterocycles. The second kappa shape index (κ2) is 14.9. The third kappa shape index (κ3) is 7.79. The quantitative estimate of drug-likeness (QED) is 0.233. The Hall–Kier alpha value is -2.32. The van der Waals surface area contributed by atoms with Gasteiger partial charge in [0.15, 0.2) is 0 Å². The Bertz CT molecular complexity index is 1190. The molecule has 8 nitrogen and oxygen atoms in total. The first kappa shape index (κ1) is 31.1. The summed E-state index contributed by atoms with van der Waals surface area (Å²) in [6.07, 6.45) is 8.79. The van der Waals surface area contributed by atoms with E-state index in [0.29, 0.717) is 43.4 Å². The third-order valence-corrected chi connectivity index (χ3v) is 9.86. The lowest BCUT2D eigenvalue weighted by Gasteiger charge is -2.28. The van der Waals surface area contributed by atoms with Gasteiger partial charge in [-0.3, -0.25) is 9.69 Å². The number of likely N-dealkylation sites (tertiary alicyclic amines) is 1.